The number of amides is 1. The van der Waals surface area contributed by atoms with Crippen molar-refractivity contribution in [1.29, 1.82) is 0 Å². The smallest absolute Gasteiger partial charge is 0.228 e. The Morgan fingerprint density at radius 1 is 0.974 bits per heavy atom. The Balaban J connectivity index is 1.18. The van der Waals surface area contributed by atoms with E-state index in [1.807, 2.05) is 11.3 Å². The number of thiazole rings is 1. The zero-order valence-electron chi connectivity index (χ0n) is 22.9. The van der Waals surface area contributed by atoms with Gasteiger partial charge in [0.15, 0.2) is 5.13 Å². The van der Waals surface area contributed by atoms with Crippen molar-refractivity contribution in [1.82, 2.24) is 15.2 Å². The van der Waals surface area contributed by atoms with Crippen molar-refractivity contribution in [3.8, 4) is 0 Å². The van der Waals surface area contributed by atoms with Crippen LogP contribution in [0.15, 0.2) is 30.3 Å². The first-order valence-corrected chi connectivity index (χ1v) is 16.4. The lowest BCUT2D eigenvalue weighted by Gasteiger charge is -2.47. The van der Waals surface area contributed by atoms with E-state index >= 15 is 0 Å². The number of aromatic nitrogens is 1. The highest BCUT2D eigenvalue weighted by atomic mass is 32.1. The molecule has 1 amide bonds. The molecule has 38 heavy (non-hydrogen) atoms. The van der Waals surface area contributed by atoms with Crippen molar-refractivity contribution in [2.24, 2.45) is 11.8 Å². The number of carbonyl (C=O) groups excluding carboxylic acids is 1. The molecular formula is C32H44N4OS. The van der Waals surface area contributed by atoms with E-state index in [4.69, 9.17) is 4.98 Å². The van der Waals surface area contributed by atoms with E-state index in [0.29, 0.717) is 23.8 Å². The number of piperidine rings is 1. The van der Waals surface area contributed by atoms with Crippen molar-refractivity contribution >= 4 is 22.4 Å². The Morgan fingerprint density at radius 2 is 1.79 bits per heavy atom. The number of nitrogens with one attached hydrogen (secondary N) is 1. The predicted octanol–water partition coefficient (Wildman–Crippen LogP) is 5.89. The van der Waals surface area contributed by atoms with Crippen LogP contribution in [0.1, 0.15) is 92.7 Å². The molecule has 2 aliphatic carbocycles. The van der Waals surface area contributed by atoms with Crippen LogP contribution in [0.4, 0.5) is 5.13 Å². The van der Waals surface area contributed by atoms with Crippen molar-refractivity contribution < 1.29 is 4.79 Å². The standard InChI is InChI=1S/C32H44N4OS/c37-30(36-19-15-25(23-10-3-1-4-11-23)20-28(36)24-12-5-2-6-13-24)26-21-33-22-32(26)16-9-14-27-29(32)38-31(34-27)35-17-7-8-18-35/h1,3-4,10-11,24-26,28,33H,2,5-9,12-22H2/t25-,26+,28+,32-/m1/s1. The number of fused-ring (bicyclic) bond motifs is 2. The third-order valence-electron chi connectivity index (χ3n) is 10.7. The van der Waals surface area contributed by atoms with Gasteiger partial charge in [-0.15, -0.1) is 11.3 Å². The van der Waals surface area contributed by atoms with Crippen LogP contribution >= 0.6 is 11.3 Å². The summed E-state index contributed by atoms with van der Waals surface area (Å²) in [6, 6.07) is 11.5. The highest BCUT2D eigenvalue weighted by molar-refractivity contribution is 7.16. The van der Waals surface area contributed by atoms with Crippen LogP contribution < -0.4 is 10.2 Å². The highest BCUT2D eigenvalue weighted by Gasteiger charge is 2.54. The third-order valence-corrected chi connectivity index (χ3v) is 12.1. The Labute approximate surface area is 232 Å². The topological polar surface area (TPSA) is 48.5 Å². The summed E-state index contributed by atoms with van der Waals surface area (Å²) in [4.78, 5) is 26.2. The van der Waals surface area contributed by atoms with Crippen LogP contribution in [0.25, 0.3) is 0 Å². The Bertz CT molecular complexity index is 1120. The summed E-state index contributed by atoms with van der Waals surface area (Å²) in [5.41, 5.74) is 2.71. The Morgan fingerprint density at radius 3 is 2.61 bits per heavy atom. The second-order valence-electron chi connectivity index (χ2n) is 12.8. The molecule has 4 heterocycles. The number of hydrogen-bond donors (Lipinski definition) is 1. The van der Waals surface area contributed by atoms with Crippen molar-refractivity contribution in [3.05, 3.63) is 46.5 Å². The monoisotopic (exact) mass is 532 g/mol. The molecule has 1 aromatic carbocycles. The van der Waals surface area contributed by atoms with Gasteiger partial charge in [0, 0.05) is 49.1 Å². The molecule has 0 unspecified atom stereocenters. The minimum absolute atomic E-state index is 0.0489. The maximum absolute atomic E-state index is 14.7. The van der Waals surface area contributed by atoms with Gasteiger partial charge in [-0.3, -0.25) is 4.79 Å². The summed E-state index contributed by atoms with van der Waals surface area (Å²) in [7, 11) is 0. The molecule has 1 saturated carbocycles. The SMILES string of the molecule is O=C([C@@H]1CNC[C@]12CCCc1nc(N3CCCC3)sc12)N1CC[C@@H](c2ccccc2)C[C@H]1C1CCCCC1. The number of hydrogen-bond acceptors (Lipinski definition) is 5. The summed E-state index contributed by atoms with van der Waals surface area (Å²) in [6.45, 7) is 4.96. The van der Waals surface area contributed by atoms with E-state index in [-0.39, 0.29) is 11.3 Å². The van der Waals surface area contributed by atoms with Gasteiger partial charge in [-0.1, -0.05) is 49.6 Å². The molecule has 1 aromatic heterocycles. The molecule has 0 radical (unpaired) electrons. The molecule has 5 nitrogen and oxygen atoms in total. The molecule has 1 spiro atoms. The van der Waals surface area contributed by atoms with Gasteiger partial charge in [0.1, 0.15) is 0 Å². The molecule has 204 valence electrons. The summed E-state index contributed by atoms with van der Waals surface area (Å²) in [5, 5.41) is 4.94. The first-order chi connectivity index (χ1) is 18.7. The van der Waals surface area contributed by atoms with E-state index in [0.717, 1.165) is 64.8 Å². The molecule has 4 atom stereocenters. The van der Waals surface area contributed by atoms with Crippen LogP contribution in [0.3, 0.4) is 0 Å². The third kappa shape index (κ3) is 4.40. The van der Waals surface area contributed by atoms with Crippen molar-refractivity contribution in [2.75, 3.05) is 37.6 Å². The van der Waals surface area contributed by atoms with E-state index < -0.39 is 0 Å². The average molecular weight is 533 g/mol. The lowest BCUT2D eigenvalue weighted by Crippen LogP contribution is -2.55. The lowest BCUT2D eigenvalue weighted by atomic mass is 9.68. The first-order valence-electron chi connectivity index (χ1n) is 15.5. The molecule has 6 heteroatoms. The van der Waals surface area contributed by atoms with Crippen LogP contribution in [-0.4, -0.2) is 54.6 Å². The molecule has 1 N–H and O–H groups in total. The maximum atomic E-state index is 14.7. The fraction of sp³-hybridized carbons (Fsp3) is 0.688. The number of rotatable bonds is 4. The van der Waals surface area contributed by atoms with Crippen LogP contribution in [0, 0.1) is 11.8 Å². The number of anilines is 1. The van der Waals surface area contributed by atoms with Crippen LogP contribution in [0.5, 0.6) is 0 Å². The molecule has 3 aliphatic heterocycles. The average Bonchev–Trinajstić information content (AvgIpc) is 3.74. The number of carbonyl (C=O) groups is 1. The summed E-state index contributed by atoms with van der Waals surface area (Å²) >= 11 is 1.93. The number of nitrogens with zero attached hydrogens (tertiary/aromatic N) is 3. The number of aryl methyl sites for hydroxylation is 1. The second-order valence-corrected chi connectivity index (χ2v) is 13.8. The fourth-order valence-corrected chi connectivity index (χ4v) is 10.1. The van der Waals surface area contributed by atoms with Gasteiger partial charge in [-0.2, -0.15) is 0 Å². The van der Waals surface area contributed by atoms with Gasteiger partial charge in [0.05, 0.1) is 11.6 Å². The maximum Gasteiger partial charge on any atom is 0.228 e. The van der Waals surface area contributed by atoms with Gasteiger partial charge in [-0.05, 0) is 75.2 Å². The van der Waals surface area contributed by atoms with Crippen molar-refractivity contribution in [2.45, 2.75) is 94.4 Å². The minimum Gasteiger partial charge on any atom is -0.348 e. The second kappa shape index (κ2) is 10.6. The molecule has 2 aromatic rings. The normalized spacial score (nSPS) is 32.2. The molecule has 0 bridgehead atoms. The minimum atomic E-state index is -0.0618. The molecular weight excluding hydrogens is 488 g/mol. The van der Waals surface area contributed by atoms with Crippen molar-refractivity contribution in [3.63, 3.8) is 0 Å². The van der Waals surface area contributed by atoms with Crippen LogP contribution in [-0.2, 0) is 16.6 Å². The first kappa shape index (κ1) is 25.1. The lowest BCUT2D eigenvalue weighted by molar-refractivity contribution is -0.143. The number of benzene rings is 1. The molecule has 4 fully saturated rings. The van der Waals surface area contributed by atoms with Gasteiger partial charge in [0.2, 0.25) is 5.91 Å². The van der Waals surface area contributed by atoms with E-state index in [9.17, 15) is 4.79 Å². The largest absolute Gasteiger partial charge is 0.348 e. The predicted molar refractivity (Wildman–Crippen MR) is 155 cm³/mol. The molecule has 5 aliphatic rings. The zero-order valence-corrected chi connectivity index (χ0v) is 23.7. The summed E-state index contributed by atoms with van der Waals surface area (Å²) in [5.74, 6) is 1.74. The summed E-state index contributed by atoms with van der Waals surface area (Å²) in [6.07, 6.45) is 14.8. The summed E-state index contributed by atoms with van der Waals surface area (Å²) < 4.78 is 0. The van der Waals surface area contributed by atoms with Gasteiger partial charge >= 0.3 is 0 Å². The quantitative estimate of drug-likeness (QED) is 0.533. The molecule has 7 rings (SSSR count). The fourth-order valence-electron chi connectivity index (χ4n) is 8.67. The Kier molecular flexibility index (Phi) is 6.98. The van der Waals surface area contributed by atoms with Gasteiger partial charge in [-0.25, -0.2) is 4.98 Å². The van der Waals surface area contributed by atoms with E-state index in [1.165, 1.54) is 66.2 Å². The number of likely N-dealkylation sites (tertiary alicyclic amines) is 1. The van der Waals surface area contributed by atoms with Gasteiger partial charge < -0.3 is 15.1 Å². The highest BCUT2D eigenvalue weighted by Crippen LogP contribution is 2.50. The van der Waals surface area contributed by atoms with E-state index in [2.05, 4.69) is 45.4 Å². The molecule has 3 saturated heterocycles. The Hall–Kier alpha value is -1.92. The zero-order chi connectivity index (χ0) is 25.5. The van der Waals surface area contributed by atoms with Crippen LogP contribution in [0.2, 0.25) is 0 Å². The van der Waals surface area contributed by atoms with E-state index in [1.54, 1.807) is 0 Å². The van der Waals surface area contributed by atoms with Gasteiger partial charge in [0.25, 0.3) is 0 Å².